The fraction of sp³-hybridized carbons (Fsp3) is 0.333. The fourth-order valence-electron chi connectivity index (χ4n) is 1.22. The third-order valence-electron chi connectivity index (χ3n) is 2.05. The zero-order chi connectivity index (χ0) is 11.4. The van der Waals surface area contributed by atoms with E-state index in [4.69, 9.17) is 0 Å². The summed E-state index contributed by atoms with van der Waals surface area (Å²) in [6.45, 7) is 1.35. The number of aromatic nitrogens is 5. The Morgan fingerprint density at radius 3 is 3.00 bits per heavy atom. The van der Waals surface area contributed by atoms with Crippen molar-refractivity contribution in [3.63, 3.8) is 0 Å². The smallest absolute Gasteiger partial charge is 0.377 e. The van der Waals surface area contributed by atoms with E-state index in [0.29, 0.717) is 6.54 Å². The van der Waals surface area contributed by atoms with Gasteiger partial charge in [0.15, 0.2) is 0 Å². The lowest BCUT2D eigenvalue weighted by Gasteiger charge is -2.00. The van der Waals surface area contributed by atoms with Crippen molar-refractivity contribution in [3.8, 4) is 0 Å². The van der Waals surface area contributed by atoms with Crippen molar-refractivity contribution in [3.05, 3.63) is 30.9 Å². The lowest BCUT2D eigenvalue weighted by molar-refractivity contribution is 0.0586. The van der Waals surface area contributed by atoms with Crippen molar-refractivity contribution in [1.29, 1.82) is 0 Å². The molecule has 0 fully saturated rings. The number of aryl methyl sites for hydroxylation is 2. The van der Waals surface area contributed by atoms with Gasteiger partial charge in [0.1, 0.15) is 6.33 Å². The van der Waals surface area contributed by atoms with Crippen LogP contribution in [0.1, 0.15) is 10.6 Å². The summed E-state index contributed by atoms with van der Waals surface area (Å²) in [5.74, 6) is -0.450. The summed E-state index contributed by atoms with van der Waals surface area (Å²) in [6, 6.07) is 0. The molecule has 0 aliphatic rings. The highest BCUT2D eigenvalue weighted by Gasteiger charge is 2.10. The lowest BCUT2D eigenvalue weighted by Crippen LogP contribution is -2.09. The molecule has 0 spiro atoms. The number of hydrogen-bond donors (Lipinski definition) is 0. The highest BCUT2D eigenvalue weighted by molar-refractivity contribution is 5.84. The first kappa shape index (κ1) is 10.3. The van der Waals surface area contributed by atoms with Gasteiger partial charge in [-0.1, -0.05) is 0 Å². The van der Waals surface area contributed by atoms with Crippen molar-refractivity contribution in [1.82, 2.24) is 24.3 Å². The van der Waals surface area contributed by atoms with Gasteiger partial charge in [-0.2, -0.15) is 0 Å². The molecule has 84 valence electrons. The van der Waals surface area contributed by atoms with Crippen LogP contribution in [-0.2, 0) is 17.8 Å². The minimum Gasteiger partial charge on any atom is -0.463 e. The molecule has 0 saturated carbocycles. The monoisotopic (exact) mass is 221 g/mol. The number of imidazole rings is 1. The summed E-state index contributed by atoms with van der Waals surface area (Å²) in [4.78, 5) is 18.8. The predicted octanol–water partition coefficient (Wildman–Crippen LogP) is -0.0386. The van der Waals surface area contributed by atoms with E-state index in [1.54, 1.807) is 17.2 Å². The van der Waals surface area contributed by atoms with Crippen LogP contribution >= 0.6 is 0 Å². The van der Waals surface area contributed by atoms with Crippen molar-refractivity contribution in [2.45, 2.75) is 13.1 Å². The number of methoxy groups -OCH3 is 1. The first-order valence-electron chi connectivity index (χ1n) is 4.73. The molecule has 2 aromatic heterocycles. The van der Waals surface area contributed by atoms with Crippen molar-refractivity contribution >= 4 is 5.97 Å². The van der Waals surface area contributed by atoms with Gasteiger partial charge in [-0.15, -0.1) is 5.10 Å². The third kappa shape index (κ3) is 2.25. The molecule has 2 aromatic rings. The van der Waals surface area contributed by atoms with Gasteiger partial charge in [-0.05, 0) is 0 Å². The van der Waals surface area contributed by atoms with Gasteiger partial charge in [-0.3, -0.25) is 4.68 Å². The van der Waals surface area contributed by atoms with Gasteiger partial charge in [0.05, 0.1) is 20.0 Å². The van der Waals surface area contributed by atoms with E-state index < -0.39 is 5.97 Å². The lowest BCUT2D eigenvalue weighted by atomic mass is 10.6. The van der Waals surface area contributed by atoms with Gasteiger partial charge in [-0.25, -0.2) is 14.8 Å². The van der Waals surface area contributed by atoms with Crippen LogP contribution in [0.4, 0.5) is 0 Å². The molecule has 2 heterocycles. The predicted molar refractivity (Wildman–Crippen MR) is 53.6 cm³/mol. The largest absolute Gasteiger partial charge is 0.463 e. The molecule has 0 bridgehead atoms. The molecule has 0 aliphatic heterocycles. The Labute approximate surface area is 91.7 Å². The van der Waals surface area contributed by atoms with E-state index in [1.807, 2.05) is 10.8 Å². The second kappa shape index (κ2) is 4.56. The molecule has 16 heavy (non-hydrogen) atoms. The van der Waals surface area contributed by atoms with E-state index >= 15 is 0 Å². The molecule has 0 amide bonds. The van der Waals surface area contributed by atoms with Crippen LogP contribution in [0, 0.1) is 0 Å². The number of nitrogens with zero attached hydrogens (tertiary/aromatic N) is 5. The van der Waals surface area contributed by atoms with Gasteiger partial charge in [0.2, 0.25) is 0 Å². The van der Waals surface area contributed by atoms with Crippen molar-refractivity contribution in [2.24, 2.45) is 0 Å². The Bertz CT molecular complexity index is 462. The molecule has 7 nitrogen and oxygen atoms in total. The number of ether oxygens (including phenoxy) is 1. The second-order valence-corrected chi connectivity index (χ2v) is 3.12. The molecule has 7 heteroatoms. The highest BCUT2D eigenvalue weighted by Crippen LogP contribution is 1.94. The second-order valence-electron chi connectivity index (χ2n) is 3.12. The Morgan fingerprint density at radius 2 is 2.31 bits per heavy atom. The Kier molecular flexibility index (Phi) is 2.95. The first-order chi connectivity index (χ1) is 7.79. The fourth-order valence-corrected chi connectivity index (χ4v) is 1.22. The van der Waals surface area contributed by atoms with Gasteiger partial charge in [0.25, 0.3) is 5.82 Å². The first-order valence-corrected chi connectivity index (χ1v) is 4.73. The van der Waals surface area contributed by atoms with Crippen molar-refractivity contribution in [2.75, 3.05) is 7.11 Å². The maximum absolute atomic E-state index is 11.1. The van der Waals surface area contributed by atoms with Crippen LogP contribution < -0.4 is 0 Å². The summed E-state index contributed by atoms with van der Waals surface area (Å²) >= 11 is 0. The standard InChI is InChI=1S/C9H11N5O2/c1-16-9(15)8-11-7-14(12-8)5-4-13-3-2-10-6-13/h2-3,6-7H,4-5H2,1H3. The molecule has 2 rings (SSSR count). The van der Waals surface area contributed by atoms with Crippen LogP contribution in [0.3, 0.4) is 0 Å². The van der Waals surface area contributed by atoms with E-state index in [9.17, 15) is 4.79 Å². The Balaban J connectivity index is 1.95. The minimum atomic E-state index is -0.526. The summed E-state index contributed by atoms with van der Waals surface area (Å²) in [5, 5.41) is 3.98. The Hall–Kier alpha value is -2.18. The molecular weight excluding hydrogens is 210 g/mol. The van der Waals surface area contributed by atoms with E-state index in [0.717, 1.165) is 6.54 Å². The normalized spacial score (nSPS) is 10.3. The van der Waals surface area contributed by atoms with Crippen LogP contribution in [0.15, 0.2) is 25.0 Å². The number of rotatable bonds is 4. The van der Waals surface area contributed by atoms with Crippen LogP contribution in [-0.4, -0.2) is 37.4 Å². The summed E-state index contributed by atoms with van der Waals surface area (Å²) < 4.78 is 8.01. The number of esters is 1. The highest BCUT2D eigenvalue weighted by atomic mass is 16.5. The molecule has 0 N–H and O–H groups in total. The minimum absolute atomic E-state index is 0.0770. The molecule has 0 unspecified atom stereocenters. The summed E-state index contributed by atoms with van der Waals surface area (Å²) in [5.41, 5.74) is 0. The van der Waals surface area contributed by atoms with Gasteiger partial charge >= 0.3 is 5.97 Å². The number of carbonyl (C=O) groups excluding carboxylic acids is 1. The maximum atomic E-state index is 11.1. The van der Waals surface area contributed by atoms with Crippen LogP contribution in [0.5, 0.6) is 0 Å². The SMILES string of the molecule is COC(=O)c1ncn(CCn2ccnc2)n1. The summed E-state index contributed by atoms with van der Waals surface area (Å²) in [6.07, 6.45) is 6.79. The zero-order valence-electron chi connectivity index (χ0n) is 8.78. The molecule has 0 saturated heterocycles. The molecule has 0 aromatic carbocycles. The van der Waals surface area contributed by atoms with E-state index in [2.05, 4.69) is 19.8 Å². The average Bonchev–Trinajstić information content (AvgIpc) is 2.96. The Morgan fingerprint density at radius 1 is 1.44 bits per heavy atom. The molecule has 0 aliphatic carbocycles. The van der Waals surface area contributed by atoms with Gasteiger partial charge in [0, 0.05) is 18.9 Å². The zero-order valence-corrected chi connectivity index (χ0v) is 8.78. The third-order valence-corrected chi connectivity index (χ3v) is 2.05. The van der Waals surface area contributed by atoms with Gasteiger partial charge < -0.3 is 9.30 Å². The molecular formula is C9H11N5O2. The maximum Gasteiger partial charge on any atom is 0.377 e. The van der Waals surface area contributed by atoms with E-state index in [1.165, 1.54) is 13.4 Å². The summed E-state index contributed by atoms with van der Waals surface area (Å²) in [7, 11) is 1.30. The number of carbonyl (C=O) groups is 1. The van der Waals surface area contributed by atoms with Crippen LogP contribution in [0.25, 0.3) is 0 Å². The topological polar surface area (TPSA) is 74.8 Å². The molecule has 0 radical (unpaired) electrons. The quantitative estimate of drug-likeness (QED) is 0.677. The average molecular weight is 221 g/mol. The van der Waals surface area contributed by atoms with E-state index in [-0.39, 0.29) is 5.82 Å². The van der Waals surface area contributed by atoms with Crippen LogP contribution in [0.2, 0.25) is 0 Å². The van der Waals surface area contributed by atoms with Crippen molar-refractivity contribution < 1.29 is 9.53 Å². The number of hydrogen-bond acceptors (Lipinski definition) is 5. The molecule has 0 atom stereocenters.